The molecule has 0 amide bonds. The van der Waals surface area contributed by atoms with Gasteiger partial charge < -0.3 is 18.9 Å². The molecule has 100 valence electrons. The van der Waals surface area contributed by atoms with Crippen LogP contribution in [0.1, 0.15) is 11.9 Å². The molecule has 0 atom stereocenters. The van der Waals surface area contributed by atoms with E-state index in [9.17, 15) is 10.1 Å². The Morgan fingerprint density at radius 3 is 2.11 bits per heavy atom. The van der Waals surface area contributed by atoms with E-state index in [0.717, 1.165) is 0 Å². The Balaban J connectivity index is 3.40. The van der Waals surface area contributed by atoms with Gasteiger partial charge in [0.05, 0.1) is 19.1 Å². The van der Waals surface area contributed by atoms with Crippen molar-refractivity contribution in [1.29, 1.82) is 0 Å². The molecule has 0 N–H and O–H groups in total. The molecule has 1 aromatic carbocycles. The summed E-state index contributed by atoms with van der Waals surface area (Å²) in [6, 6.07) is 2.91. The number of benzene rings is 1. The molecular formula is C11H15NO6. The second-order valence-corrected chi connectivity index (χ2v) is 3.34. The third-order valence-corrected chi connectivity index (χ3v) is 2.38. The van der Waals surface area contributed by atoms with Crippen molar-refractivity contribution < 1.29 is 23.9 Å². The predicted molar refractivity (Wildman–Crippen MR) is 63.0 cm³/mol. The number of hydrogen-bond acceptors (Lipinski definition) is 6. The number of nitro groups is 1. The van der Waals surface area contributed by atoms with Crippen LogP contribution < -0.4 is 9.47 Å². The van der Waals surface area contributed by atoms with E-state index in [4.69, 9.17) is 18.9 Å². The molecule has 0 unspecified atom stereocenters. The zero-order valence-electron chi connectivity index (χ0n) is 10.6. The number of nitro benzene ring substituents is 1. The third-order valence-electron chi connectivity index (χ3n) is 2.38. The van der Waals surface area contributed by atoms with Crippen molar-refractivity contribution in [3.63, 3.8) is 0 Å². The van der Waals surface area contributed by atoms with Gasteiger partial charge in [-0.05, 0) is 6.07 Å². The van der Waals surface area contributed by atoms with Crippen LogP contribution in [-0.4, -0.2) is 33.4 Å². The highest BCUT2D eigenvalue weighted by atomic mass is 16.7. The van der Waals surface area contributed by atoms with Crippen LogP contribution >= 0.6 is 0 Å². The Kier molecular flexibility index (Phi) is 4.87. The summed E-state index contributed by atoms with van der Waals surface area (Å²) >= 11 is 0. The fraction of sp³-hybridized carbons (Fsp3) is 0.455. The summed E-state index contributed by atoms with van der Waals surface area (Å²) in [4.78, 5) is 10.4. The minimum absolute atomic E-state index is 0.0669. The highest BCUT2D eigenvalue weighted by Gasteiger charge is 2.24. The maximum Gasteiger partial charge on any atom is 0.315 e. The Hall–Kier alpha value is -1.86. The van der Waals surface area contributed by atoms with Gasteiger partial charge in [-0.15, -0.1) is 0 Å². The molecule has 0 aliphatic heterocycles. The third kappa shape index (κ3) is 2.69. The number of rotatable bonds is 6. The van der Waals surface area contributed by atoms with E-state index in [2.05, 4.69) is 0 Å². The van der Waals surface area contributed by atoms with Gasteiger partial charge in [0.1, 0.15) is 0 Å². The molecule has 1 aromatic rings. The molecule has 0 aliphatic carbocycles. The summed E-state index contributed by atoms with van der Waals surface area (Å²) in [6.45, 7) is 0. The maximum atomic E-state index is 11.0. The van der Waals surface area contributed by atoms with Gasteiger partial charge in [0.25, 0.3) is 0 Å². The molecule has 0 fully saturated rings. The van der Waals surface area contributed by atoms with E-state index in [0.29, 0.717) is 5.56 Å². The lowest BCUT2D eigenvalue weighted by Crippen LogP contribution is -2.06. The second kappa shape index (κ2) is 6.18. The van der Waals surface area contributed by atoms with Gasteiger partial charge in [-0.1, -0.05) is 0 Å². The summed E-state index contributed by atoms with van der Waals surface area (Å²) in [5, 5.41) is 11.0. The highest BCUT2D eigenvalue weighted by Crippen LogP contribution is 2.39. The van der Waals surface area contributed by atoms with Gasteiger partial charge in [0.15, 0.2) is 12.0 Å². The summed E-state index contributed by atoms with van der Waals surface area (Å²) in [6.07, 6.45) is -0.705. The molecule has 0 spiro atoms. The van der Waals surface area contributed by atoms with E-state index in [1.54, 1.807) is 6.07 Å². The first-order chi connectivity index (χ1) is 8.58. The molecule has 0 saturated heterocycles. The summed E-state index contributed by atoms with van der Waals surface area (Å²) in [7, 11) is 5.63. The fourth-order valence-electron chi connectivity index (χ4n) is 1.61. The fourth-order valence-corrected chi connectivity index (χ4v) is 1.61. The molecule has 0 radical (unpaired) electrons. The van der Waals surface area contributed by atoms with Crippen molar-refractivity contribution in [2.24, 2.45) is 0 Å². The first-order valence-corrected chi connectivity index (χ1v) is 5.04. The quantitative estimate of drug-likeness (QED) is 0.440. The van der Waals surface area contributed by atoms with Crippen LogP contribution in [0.15, 0.2) is 12.1 Å². The van der Waals surface area contributed by atoms with Gasteiger partial charge in [-0.25, -0.2) is 0 Å². The lowest BCUT2D eigenvalue weighted by molar-refractivity contribution is -0.386. The monoisotopic (exact) mass is 257 g/mol. The minimum Gasteiger partial charge on any atom is -0.493 e. The van der Waals surface area contributed by atoms with E-state index < -0.39 is 11.2 Å². The number of hydrogen-bond donors (Lipinski definition) is 0. The van der Waals surface area contributed by atoms with Crippen LogP contribution in [0, 0.1) is 10.1 Å². The van der Waals surface area contributed by atoms with Crippen LogP contribution in [0.5, 0.6) is 11.5 Å². The smallest absolute Gasteiger partial charge is 0.315 e. The first-order valence-electron chi connectivity index (χ1n) is 5.04. The summed E-state index contributed by atoms with van der Waals surface area (Å²) in [5.74, 6) is 0.318. The second-order valence-electron chi connectivity index (χ2n) is 3.34. The molecular weight excluding hydrogens is 242 g/mol. The van der Waals surface area contributed by atoms with Gasteiger partial charge in [-0.3, -0.25) is 10.1 Å². The molecule has 0 aliphatic rings. The van der Waals surface area contributed by atoms with E-state index >= 15 is 0 Å². The molecule has 7 nitrogen and oxygen atoms in total. The van der Waals surface area contributed by atoms with Crippen molar-refractivity contribution in [2.45, 2.75) is 6.29 Å². The standard InChI is InChI=1S/C11H15NO6/c1-15-9-6-7(11(17-3)18-4)5-8(12(13)14)10(9)16-2/h5-6,11H,1-4H3. The highest BCUT2D eigenvalue weighted by molar-refractivity contribution is 5.58. The largest absolute Gasteiger partial charge is 0.493 e. The van der Waals surface area contributed by atoms with Crippen molar-refractivity contribution in [2.75, 3.05) is 28.4 Å². The SMILES string of the molecule is COc1cc(C(OC)OC)cc([N+](=O)[O-])c1OC. The first kappa shape index (κ1) is 14.2. The van der Waals surface area contributed by atoms with Crippen LogP contribution in [-0.2, 0) is 9.47 Å². The molecule has 0 saturated carbocycles. The van der Waals surface area contributed by atoms with Gasteiger partial charge in [0, 0.05) is 25.8 Å². The average Bonchev–Trinajstić information content (AvgIpc) is 2.38. The Bertz CT molecular complexity index is 430. The lowest BCUT2D eigenvalue weighted by atomic mass is 10.1. The Morgan fingerprint density at radius 1 is 1.11 bits per heavy atom. The molecule has 18 heavy (non-hydrogen) atoms. The number of ether oxygens (including phenoxy) is 4. The van der Waals surface area contributed by atoms with Gasteiger partial charge in [0.2, 0.25) is 5.75 Å². The normalized spacial score (nSPS) is 10.5. The van der Waals surface area contributed by atoms with Crippen LogP contribution in [0.4, 0.5) is 5.69 Å². The Labute approximate surface area is 104 Å². The Morgan fingerprint density at radius 2 is 1.72 bits per heavy atom. The maximum absolute atomic E-state index is 11.0. The lowest BCUT2D eigenvalue weighted by Gasteiger charge is -2.16. The molecule has 0 bridgehead atoms. The predicted octanol–water partition coefficient (Wildman–Crippen LogP) is 1.90. The van der Waals surface area contributed by atoms with Gasteiger partial charge >= 0.3 is 5.69 Å². The van der Waals surface area contributed by atoms with Gasteiger partial charge in [-0.2, -0.15) is 0 Å². The average molecular weight is 257 g/mol. The zero-order valence-corrected chi connectivity index (χ0v) is 10.6. The topological polar surface area (TPSA) is 80.1 Å². The van der Waals surface area contributed by atoms with Crippen molar-refractivity contribution in [3.8, 4) is 11.5 Å². The molecule has 0 aromatic heterocycles. The van der Waals surface area contributed by atoms with Crippen LogP contribution in [0.3, 0.4) is 0 Å². The number of methoxy groups -OCH3 is 4. The van der Waals surface area contributed by atoms with Crippen molar-refractivity contribution in [3.05, 3.63) is 27.8 Å². The van der Waals surface area contributed by atoms with Crippen molar-refractivity contribution >= 4 is 5.69 Å². The van der Waals surface area contributed by atoms with Crippen molar-refractivity contribution in [1.82, 2.24) is 0 Å². The summed E-state index contributed by atoms with van der Waals surface area (Å²) in [5.41, 5.74) is 0.273. The molecule has 0 heterocycles. The van der Waals surface area contributed by atoms with Crippen LogP contribution in [0.25, 0.3) is 0 Å². The minimum atomic E-state index is -0.705. The van der Waals surface area contributed by atoms with E-state index in [1.807, 2.05) is 0 Å². The number of nitrogens with zero attached hydrogens (tertiary/aromatic N) is 1. The molecule has 7 heteroatoms. The van der Waals surface area contributed by atoms with Crippen LogP contribution in [0.2, 0.25) is 0 Å². The zero-order chi connectivity index (χ0) is 13.7. The van der Waals surface area contributed by atoms with E-state index in [-0.39, 0.29) is 17.2 Å². The van der Waals surface area contributed by atoms with E-state index in [1.165, 1.54) is 34.5 Å². The molecule has 1 rings (SSSR count). The summed E-state index contributed by atoms with van der Waals surface area (Å²) < 4.78 is 20.2.